The Kier molecular flexibility index (Phi) is 3.22. The highest BCUT2D eigenvalue weighted by Crippen LogP contribution is 2.36. The quantitative estimate of drug-likeness (QED) is 0.760. The van der Waals surface area contributed by atoms with Gasteiger partial charge in [-0.25, -0.2) is 4.39 Å². The number of hydrogen-bond donors (Lipinski definition) is 1. The van der Waals surface area contributed by atoms with Gasteiger partial charge < -0.3 is 10.3 Å². The molecule has 106 valence electrons. The van der Waals surface area contributed by atoms with Crippen molar-refractivity contribution in [2.45, 2.75) is 13.8 Å². The average Bonchev–Trinajstić information content (AvgIpc) is 2.84. The second kappa shape index (κ2) is 5.05. The zero-order chi connectivity index (χ0) is 15.0. The minimum atomic E-state index is -0.320. The molecule has 0 fully saturated rings. The van der Waals surface area contributed by atoms with E-state index in [0.717, 1.165) is 11.1 Å². The van der Waals surface area contributed by atoms with E-state index < -0.39 is 0 Å². The Hall–Kier alpha value is -2.62. The number of anilines is 1. The van der Waals surface area contributed by atoms with Crippen LogP contribution in [0.25, 0.3) is 22.4 Å². The highest BCUT2D eigenvalue weighted by atomic mass is 19.1. The zero-order valence-electron chi connectivity index (χ0n) is 11.9. The maximum Gasteiger partial charge on any atom is 0.230 e. The minimum Gasteiger partial charge on any atom is -0.367 e. The van der Waals surface area contributed by atoms with E-state index in [4.69, 9.17) is 10.3 Å². The van der Waals surface area contributed by atoms with Gasteiger partial charge in [-0.05, 0) is 48.7 Å². The standard InChI is InChI=1S/C17H15FN2O/c1-10-6-7-13(8-11(10)2)16-15(17(19)21-20-16)12-4-3-5-14(18)9-12/h3-9H,19H2,1-2H3. The van der Waals surface area contributed by atoms with Crippen molar-refractivity contribution in [2.75, 3.05) is 5.73 Å². The fraction of sp³-hybridized carbons (Fsp3) is 0.118. The molecule has 0 aliphatic rings. The minimum absolute atomic E-state index is 0.189. The van der Waals surface area contributed by atoms with Gasteiger partial charge in [-0.2, -0.15) is 0 Å². The lowest BCUT2D eigenvalue weighted by Crippen LogP contribution is -1.89. The van der Waals surface area contributed by atoms with Crippen molar-refractivity contribution in [1.29, 1.82) is 0 Å². The Morgan fingerprint density at radius 2 is 1.81 bits per heavy atom. The number of aromatic nitrogens is 1. The van der Waals surface area contributed by atoms with Crippen molar-refractivity contribution in [2.24, 2.45) is 0 Å². The van der Waals surface area contributed by atoms with E-state index in [1.165, 1.54) is 17.7 Å². The zero-order valence-corrected chi connectivity index (χ0v) is 11.9. The van der Waals surface area contributed by atoms with E-state index in [1.807, 2.05) is 32.0 Å². The van der Waals surface area contributed by atoms with Gasteiger partial charge >= 0.3 is 0 Å². The molecule has 0 spiro atoms. The van der Waals surface area contributed by atoms with Crippen LogP contribution in [-0.2, 0) is 0 Å². The lowest BCUT2D eigenvalue weighted by molar-refractivity contribution is 0.439. The molecule has 0 amide bonds. The Bertz CT molecular complexity index is 808. The molecule has 1 heterocycles. The average molecular weight is 282 g/mol. The van der Waals surface area contributed by atoms with E-state index in [9.17, 15) is 4.39 Å². The first-order chi connectivity index (χ1) is 10.1. The van der Waals surface area contributed by atoms with Crippen LogP contribution in [-0.4, -0.2) is 5.16 Å². The van der Waals surface area contributed by atoms with E-state index >= 15 is 0 Å². The molecule has 0 aliphatic carbocycles. The van der Waals surface area contributed by atoms with Crippen LogP contribution < -0.4 is 5.73 Å². The number of nitrogens with two attached hydrogens (primary N) is 1. The third-order valence-electron chi connectivity index (χ3n) is 3.61. The van der Waals surface area contributed by atoms with Gasteiger partial charge in [0, 0.05) is 5.56 Å². The summed E-state index contributed by atoms with van der Waals surface area (Å²) in [6.45, 7) is 4.08. The fourth-order valence-electron chi connectivity index (χ4n) is 2.31. The van der Waals surface area contributed by atoms with Crippen LogP contribution in [0.4, 0.5) is 10.3 Å². The number of benzene rings is 2. The van der Waals surface area contributed by atoms with Crippen molar-refractivity contribution >= 4 is 5.88 Å². The van der Waals surface area contributed by atoms with Gasteiger partial charge in [-0.3, -0.25) is 0 Å². The second-order valence-electron chi connectivity index (χ2n) is 5.08. The summed E-state index contributed by atoms with van der Waals surface area (Å²) in [5.74, 6) is -0.132. The summed E-state index contributed by atoms with van der Waals surface area (Å²) in [6, 6.07) is 12.2. The largest absolute Gasteiger partial charge is 0.367 e. The van der Waals surface area contributed by atoms with Crippen LogP contribution in [0.1, 0.15) is 11.1 Å². The van der Waals surface area contributed by atoms with Crippen molar-refractivity contribution < 1.29 is 8.91 Å². The Balaban J connectivity index is 2.19. The molecular formula is C17H15FN2O. The molecule has 0 aliphatic heterocycles. The van der Waals surface area contributed by atoms with Gasteiger partial charge in [0.1, 0.15) is 11.5 Å². The van der Waals surface area contributed by atoms with Gasteiger partial charge in [-0.15, -0.1) is 0 Å². The van der Waals surface area contributed by atoms with Crippen LogP contribution >= 0.6 is 0 Å². The summed E-state index contributed by atoms with van der Waals surface area (Å²) in [5.41, 5.74) is 11.0. The van der Waals surface area contributed by atoms with Crippen LogP contribution in [0.2, 0.25) is 0 Å². The Morgan fingerprint density at radius 3 is 2.52 bits per heavy atom. The number of nitrogen functional groups attached to an aromatic ring is 1. The van der Waals surface area contributed by atoms with Crippen LogP contribution in [0.3, 0.4) is 0 Å². The van der Waals surface area contributed by atoms with Crippen molar-refractivity contribution in [3.63, 3.8) is 0 Å². The molecule has 4 heteroatoms. The molecule has 0 saturated carbocycles. The van der Waals surface area contributed by atoms with E-state index in [2.05, 4.69) is 5.16 Å². The summed E-state index contributed by atoms with van der Waals surface area (Å²) in [4.78, 5) is 0. The molecule has 0 radical (unpaired) electrons. The molecule has 2 aromatic carbocycles. The molecule has 0 atom stereocenters. The van der Waals surface area contributed by atoms with Crippen molar-refractivity contribution in [3.05, 3.63) is 59.4 Å². The predicted molar refractivity (Wildman–Crippen MR) is 81.2 cm³/mol. The van der Waals surface area contributed by atoms with E-state index in [1.54, 1.807) is 12.1 Å². The fourth-order valence-corrected chi connectivity index (χ4v) is 2.31. The summed E-state index contributed by atoms with van der Waals surface area (Å²) in [6.07, 6.45) is 0. The first kappa shape index (κ1) is 13.4. The van der Waals surface area contributed by atoms with Crippen LogP contribution in [0, 0.1) is 19.7 Å². The van der Waals surface area contributed by atoms with Gasteiger partial charge in [0.15, 0.2) is 0 Å². The molecule has 0 saturated heterocycles. The third kappa shape index (κ3) is 2.40. The molecule has 0 bridgehead atoms. The number of halogens is 1. The molecule has 3 rings (SSSR count). The topological polar surface area (TPSA) is 52.0 Å². The summed E-state index contributed by atoms with van der Waals surface area (Å²) in [7, 11) is 0. The molecule has 3 nitrogen and oxygen atoms in total. The van der Waals surface area contributed by atoms with Crippen molar-refractivity contribution in [1.82, 2.24) is 5.16 Å². The summed E-state index contributed by atoms with van der Waals surface area (Å²) >= 11 is 0. The first-order valence-electron chi connectivity index (χ1n) is 6.65. The van der Waals surface area contributed by atoms with E-state index in [0.29, 0.717) is 16.8 Å². The summed E-state index contributed by atoms with van der Waals surface area (Å²) in [5, 5.41) is 4.04. The van der Waals surface area contributed by atoms with Gasteiger partial charge in [0.2, 0.25) is 5.88 Å². The number of aryl methyl sites for hydroxylation is 2. The number of rotatable bonds is 2. The molecular weight excluding hydrogens is 267 g/mol. The molecule has 0 unspecified atom stereocenters. The Morgan fingerprint density at radius 1 is 1.00 bits per heavy atom. The van der Waals surface area contributed by atoms with Gasteiger partial charge in [-0.1, -0.05) is 29.4 Å². The molecule has 3 aromatic rings. The highest BCUT2D eigenvalue weighted by molar-refractivity contribution is 5.87. The highest BCUT2D eigenvalue weighted by Gasteiger charge is 2.18. The third-order valence-corrected chi connectivity index (χ3v) is 3.61. The van der Waals surface area contributed by atoms with Gasteiger partial charge in [0.25, 0.3) is 0 Å². The SMILES string of the molecule is Cc1ccc(-c2noc(N)c2-c2cccc(F)c2)cc1C. The van der Waals surface area contributed by atoms with Gasteiger partial charge in [0.05, 0.1) is 5.56 Å². The monoisotopic (exact) mass is 282 g/mol. The smallest absolute Gasteiger partial charge is 0.230 e. The second-order valence-corrected chi connectivity index (χ2v) is 5.08. The lowest BCUT2D eigenvalue weighted by Gasteiger charge is -2.05. The Labute approximate surface area is 122 Å². The van der Waals surface area contributed by atoms with Crippen LogP contribution in [0.15, 0.2) is 47.0 Å². The number of nitrogens with zero attached hydrogens (tertiary/aromatic N) is 1. The normalized spacial score (nSPS) is 10.8. The maximum atomic E-state index is 13.5. The summed E-state index contributed by atoms with van der Waals surface area (Å²) < 4.78 is 18.6. The maximum absolute atomic E-state index is 13.5. The van der Waals surface area contributed by atoms with E-state index in [-0.39, 0.29) is 11.7 Å². The predicted octanol–water partition coefficient (Wildman–Crippen LogP) is 4.35. The molecule has 2 N–H and O–H groups in total. The van der Waals surface area contributed by atoms with Crippen molar-refractivity contribution in [3.8, 4) is 22.4 Å². The molecule has 1 aromatic heterocycles. The first-order valence-corrected chi connectivity index (χ1v) is 6.65. The number of hydrogen-bond acceptors (Lipinski definition) is 3. The van der Waals surface area contributed by atoms with Crippen LogP contribution in [0.5, 0.6) is 0 Å². The molecule has 21 heavy (non-hydrogen) atoms. The lowest BCUT2D eigenvalue weighted by atomic mass is 9.98.